The van der Waals surface area contributed by atoms with Gasteiger partial charge in [0, 0.05) is 28.9 Å². The van der Waals surface area contributed by atoms with Crippen molar-refractivity contribution in [2.45, 2.75) is 0 Å². The summed E-state index contributed by atoms with van der Waals surface area (Å²) in [5.74, 6) is 0. The van der Waals surface area contributed by atoms with Crippen LogP contribution in [-0.2, 0) is 0 Å². The highest BCUT2D eigenvalue weighted by Crippen LogP contribution is 2.26. The zero-order valence-electron chi connectivity index (χ0n) is 9.88. The Bertz CT molecular complexity index is 510. The molecule has 0 aliphatic carbocycles. The summed E-state index contributed by atoms with van der Waals surface area (Å²) in [6.07, 6.45) is 0. The van der Waals surface area contributed by atoms with Gasteiger partial charge in [-0.3, -0.25) is 0 Å². The SMILES string of the molecule is Brc1ccc(N2[C]N(c3ccccc3)CC2)cc1. The molecule has 2 radical (unpaired) electrons. The molecule has 90 valence electrons. The number of para-hydroxylation sites is 1. The number of benzene rings is 2. The van der Waals surface area contributed by atoms with Crippen molar-refractivity contribution < 1.29 is 0 Å². The lowest BCUT2D eigenvalue weighted by Gasteiger charge is -2.18. The first-order chi connectivity index (χ1) is 8.83. The van der Waals surface area contributed by atoms with Gasteiger partial charge in [0.1, 0.15) is 0 Å². The number of rotatable bonds is 2. The number of hydrogen-bond donors (Lipinski definition) is 0. The van der Waals surface area contributed by atoms with Crippen molar-refractivity contribution in [1.29, 1.82) is 0 Å². The summed E-state index contributed by atoms with van der Waals surface area (Å²) in [5, 5.41) is 0. The van der Waals surface area contributed by atoms with Crippen LogP contribution in [0.1, 0.15) is 0 Å². The van der Waals surface area contributed by atoms with Crippen LogP contribution in [0.3, 0.4) is 0 Å². The maximum Gasteiger partial charge on any atom is 0.208 e. The first-order valence-electron chi connectivity index (χ1n) is 5.95. The van der Waals surface area contributed by atoms with Crippen molar-refractivity contribution in [3.8, 4) is 0 Å². The summed E-state index contributed by atoms with van der Waals surface area (Å²) in [5.41, 5.74) is 2.37. The summed E-state index contributed by atoms with van der Waals surface area (Å²) >= 11 is 3.45. The molecule has 0 spiro atoms. The minimum absolute atomic E-state index is 0.969. The molecule has 1 saturated heterocycles. The first kappa shape index (κ1) is 11.6. The molecule has 0 amide bonds. The smallest absolute Gasteiger partial charge is 0.208 e. The summed E-state index contributed by atoms with van der Waals surface area (Å²) in [4.78, 5) is 4.31. The Labute approximate surface area is 116 Å². The van der Waals surface area contributed by atoms with E-state index in [0.29, 0.717) is 0 Å². The Balaban J connectivity index is 1.74. The molecule has 0 N–H and O–H groups in total. The van der Waals surface area contributed by atoms with Crippen LogP contribution in [0.2, 0.25) is 0 Å². The van der Waals surface area contributed by atoms with E-state index in [4.69, 9.17) is 0 Å². The molecule has 0 bridgehead atoms. The van der Waals surface area contributed by atoms with E-state index in [1.54, 1.807) is 0 Å². The fourth-order valence-corrected chi connectivity index (χ4v) is 2.31. The van der Waals surface area contributed by atoms with E-state index in [9.17, 15) is 0 Å². The van der Waals surface area contributed by atoms with Gasteiger partial charge >= 0.3 is 0 Å². The molecule has 2 nitrogen and oxygen atoms in total. The summed E-state index contributed by atoms with van der Waals surface area (Å²) in [6, 6.07) is 18.7. The zero-order valence-corrected chi connectivity index (χ0v) is 11.5. The van der Waals surface area contributed by atoms with Crippen LogP contribution in [0.5, 0.6) is 0 Å². The molecule has 0 aromatic heterocycles. The second kappa shape index (κ2) is 5.02. The maximum absolute atomic E-state index is 3.45. The Morgan fingerprint density at radius 3 is 1.94 bits per heavy atom. The lowest BCUT2D eigenvalue weighted by molar-refractivity contribution is 1.02. The fraction of sp³-hybridized carbons (Fsp3) is 0.133. The van der Waals surface area contributed by atoms with Crippen molar-refractivity contribution >= 4 is 27.3 Å². The summed E-state index contributed by atoms with van der Waals surface area (Å²) < 4.78 is 1.10. The largest absolute Gasteiger partial charge is 0.339 e. The van der Waals surface area contributed by atoms with Gasteiger partial charge in [0.05, 0.1) is 0 Å². The van der Waals surface area contributed by atoms with E-state index in [1.165, 1.54) is 11.4 Å². The van der Waals surface area contributed by atoms with E-state index < -0.39 is 0 Å². The Morgan fingerprint density at radius 1 is 0.778 bits per heavy atom. The molecule has 1 heterocycles. The average Bonchev–Trinajstić information content (AvgIpc) is 2.90. The number of hydrogen-bond acceptors (Lipinski definition) is 2. The van der Waals surface area contributed by atoms with Gasteiger partial charge in [0.15, 0.2) is 0 Å². The maximum atomic E-state index is 3.45. The van der Waals surface area contributed by atoms with Crippen molar-refractivity contribution in [2.24, 2.45) is 0 Å². The molecule has 2 aromatic rings. The molecule has 18 heavy (non-hydrogen) atoms. The van der Waals surface area contributed by atoms with E-state index in [1.807, 2.05) is 6.07 Å². The van der Waals surface area contributed by atoms with Gasteiger partial charge in [-0.2, -0.15) is 0 Å². The second-order valence-corrected chi connectivity index (χ2v) is 5.13. The standard InChI is InChI=1S/C15H13BrN2/c16-13-6-8-15(9-7-13)18-11-10-17(12-18)14-4-2-1-3-5-14/h1-9H,10-11H2. The Kier molecular flexibility index (Phi) is 3.24. The molecule has 1 fully saturated rings. The van der Waals surface area contributed by atoms with Crippen molar-refractivity contribution in [3.05, 3.63) is 65.7 Å². The summed E-state index contributed by atoms with van der Waals surface area (Å²) in [7, 11) is 0. The third-order valence-electron chi connectivity index (χ3n) is 2.99. The fourth-order valence-electron chi connectivity index (χ4n) is 2.05. The molecular weight excluding hydrogens is 288 g/mol. The lowest BCUT2D eigenvalue weighted by Crippen LogP contribution is -2.18. The Morgan fingerprint density at radius 2 is 1.33 bits per heavy atom. The van der Waals surface area contributed by atoms with Crippen LogP contribution in [-0.4, -0.2) is 13.1 Å². The predicted molar refractivity (Wildman–Crippen MR) is 78.5 cm³/mol. The van der Waals surface area contributed by atoms with Gasteiger partial charge in [-0.15, -0.1) is 0 Å². The number of halogens is 1. The molecule has 1 aliphatic rings. The third kappa shape index (κ3) is 2.36. The highest BCUT2D eigenvalue weighted by Gasteiger charge is 2.22. The molecule has 3 heteroatoms. The topological polar surface area (TPSA) is 6.48 Å². The van der Waals surface area contributed by atoms with Crippen LogP contribution < -0.4 is 9.80 Å². The van der Waals surface area contributed by atoms with Crippen LogP contribution in [0.15, 0.2) is 59.1 Å². The molecule has 3 rings (SSSR count). The minimum atomic E-state index is 0.969. The van der Waals surface area contributed by atoms with Crippen LogP contribution in [0.25, 0.3) is 0 Å². The molecule has 2 aromatic carbocycles. The van der Waals surface area contributed by atoms with E-state index in [-0.39, 0.29) is 0 Å². The monoisotopic (exact) mass is 300 g/mol. The van der Waals surface area contributed by atoms with Gasteiger partial charge in [-0.1, -0.05) is 34.1 Å². The van der Waals surface area contributed by atoms with E-state index in [2.05, 4.69) is 80.9 Å². The highest BCUT2D eigenvalue weighted by atomic mass is 79.9. The van der Waals surface area contributed by atoms with Crippen LogP contribution >= 0.6 is 15.9 Å². The van der Waals surface area contributed by atoms with Crippen molar-refractivity contribution in [1.82, 2.24) is 0 Å². The molecule has 0 saturated carbocycles. The van der Waals surface area contributed by atoms with E-state index >= 15 is 0 Å². The quantitative estimate of drug-likeness (QED) is 0.833. The third-order valence-corrected chi connectivity index (χ3v) is 3.52. The molecule has 0 unspecified atom stereocenters. The van der Waals surface area contributed by atoms with Gasteiger partial charge in [-0.25, -0.2) is 0 Å². The highest BCUT2D eigenvalue weighted by molar-refractivity contribution is 9.10. The second-order valence-electron chi connectivity index (χ2n) is 4.22. The Hall–Kier alpha value is -1.48. The molecule has 1 aliphatic heterocycles. The van der Waals surface area contributed by atoms with Crippen LogP contribution in [0, 0.1) is 6.67 Å². The number of anilines is 2. The van der Waals surface area contributed by atoms with Gasteiger partial charge in [0.2, 0.25) is 6.67 Å². The van der Waals surface area contributed by atoms with Gasteiger partial charge in [0.25, 0.3) is 0 Å². The van der Waals surface area contributed by atoms with Crippen molar-refractivity contribution in [2.75, 3.05) is 22.9 Å². The minimum Gasteiger partial charge on any atom is -0.339 e. The molecular formula is C15H13BrN2. The van der Waals surface area contributed by atoms with Crippen LogP contribution in [0.4, 0.5) is 11.4 Å². The zero-order chi connectivity index (χ0) is 12.4. The van der Waals surface area contributed by atoms with Gasteiger partial charge < -0.3 is 9.80 Å². The average molecular weight is 301 g/mol. The normalized spacial score (nSPS) is 15.2. The first-order valence-corrected chi connectivity index (χ1v) is 6.74. The van der Waals surface area contributed by atoms with E-state index in [0.717, 1.165) is 17.6 Å². The lowest BCUT2D eigenvalue weighted by atomic mass is 10.3. The molecule has 0 atom stereocenters. The van der Waals surface area contributed by atoms with Gasteiger partial charge in [-0.05, 0) is 36.4 Å². The number of nitrogens with zero attached hydrogens (tertiary/aromatic N) is 2. The predicted octanol–water partition coefficient (Wildman–Crippen LogP) is 3.77. The summed E-state index contributed by atoms with van der Waals surface area (Å²) in [6.45, 7) is 5.34. The van der Waals surface area contributed by atoms with Crippen molar-refractivity contribution in [3.63, 3.8) is 0 Å².